The number of benzene rings is 1. The van der Waals surface area contributed by atoms with Crippen molar-refractivity contribution >= 4 is 21.6 Å². The van der Waals surface area contributed by atoms with Crippen LogP contribution in [0.1, 0.15) is 12.5 Å². The first kappa shape index (κ1) is 14.9. The molecule has 0 aliphatic heterocycles. The van der Waals surface area contributed by atoms with Crippen LogP contribution in [-0.2, 0) is 12.7 Å². The lowest BCUT2D eigenvalue weighted by atomic mass is 10.1. The van der Waals surface area contributed by atoms with Gasteiger partial charge in [0.05, 0.1) is 12.1 Å². The molecule has 1 N–H and O–H groups in total. The highest BCUT2D eigenvalue weighted by Gasteiger charge is 2.34. The maximum absolute atomic E-state index is 13.0. The molecule has 0 saturated heterocycles. The minimum absolute atomic E-state index is 0.0698. The van der Waals surface area contributed by atoms with Crippen molar-refractivity contribution in [3.05, 3.63) is 46.7 Å². The fraction of sp³-hybridized carbons (Fsp3) is 0.308. The third-order valence-corrected chi connectivity index (χ3v) is 3.20. The van der Waals surface area contributed by atoms with E-state index < -0.39 is 11.7 Å². The summed E-state index contributed by atoms with van der Waals surface area (Å²) in [6.07, 6.45) is -0.991. The van der Waals surface area contributed by atoms with E-state index in [0.717, 1.165) is 6.07 Å². The van der Waals surface area contributed by atoms with Crippen LogP contribution in [-0.4, -0.2) is 15.8 Å². The predicted molar refractivity (Wildman–Crippen MR) is 74.5 cm³/mol. The maximum atomic E-state index is 13.0. The van der Waals surface area contributed by atoms with Gasteiger partial charge in [0, 0.05) is 28.6 Å². The average molecular weight is 348 g/mol. The lowest BCUT2D eigenvalue weighted by Gasteiger charge is -2.19. The van der Waals surface area contributed by atoms with Gasteiger partial charge in [-0.05, 0) is 31.2 Å². The molecular weight excluding hydrogens is 335 g/mol. The molecule has 2 rings (SSSR count). The molecule has 20 heavy (non-hydrogen) atoms. The summed E-state index contributed by atoms with van der Waals surface area (Å²) in [5, 5.41) is 6.91. The lowest BCUT2D eigenvalue weighted by molar-refractivity contribution is -0.137. The molecule has 0 fully saturated rings. The highest BCUT2D eigenvalue weighted by Crippen LogP contribution is 2.36. The lowest BCUT2D eigenvalue weighted by Crippen LogP contribution is -2.24. The maximum Gasteiger partial charge on any atom is 0.418 e. The molecule has 1 unspecified atom stereocenters. The van der Waals surface area contributed by atoms with Crippen LogP contribution < -0.4 is 5.32 Å². The van der Waals surface area contributed by atoms with Gasteiger partial charge in [-0.15, -0.1) is 0 Å². The van der Waals surface area contributed by atoms with E-state index in [2.05, 4.69) is 26.3 Å². The zero-order chi connectivity index (χ0) is 14.8. The standard InChI is InChI=1S/C13H13BrF3N3/c1-9(8-20-6-2-5-18-20)19-12-4-3-10(14)7-11(12)13(15,16)17/h2-7,9,19H,8H2,1H3. The third kappa shape index (κ3) is 3.75. The van der Waals surface area contributed by atoms with Gasteiger partial charge in [-0.25, -0.2) is 0 Å². The predicted octanol–water partition coefficient (Wildman–Crippen LogP) is 4.17. The van der Waals surface area contributed by atoms with Crippen molar-refractivity contribution in [2.24, 2.45) is 0 Å². The molecule has 0 saturated carbocycles. The fourth-order valence-electron chi connectivity index (χ4n) is 1.88. The monoisotopic (exact) mass is 347 g/mol. The molecule has 1 aromatic carbocycles. The first-order valence-electron chi connectivity index (χ1n) is 5.97. The minimum atomic E-state index is -4.39. The molecular formula is C13H13BrF3N3. The minimum Gasteiger partial charge on any atom is -0.380 e. The van der Waals surface area contributed by atoms with Gasteiger partial charge in [-0.3, -0.25) is 4.68 Å². The molecule has 1 heterocycles. The van der Waals surface area contributed by atoms with Gasteiger partial charge in [0.2, 0.25) is 0 Å². The van der Waals surface area contributed by atoms with Crippen molar-refractivity contribution < 1.29 is 13.2 Å². The highest BCUT2D eigenvalue weighted by molar-refractivity contribution is 9.10. The van der Waals surface area contributed by atoms with Gasteiger partial charge >= 0.3 is 6.18 Å². The summed E-state index contributed by atoms with van der Waals surface area (Å²) in [6, 6.07) is 5.67. The van der Waals surface area contributed by atoms with Crippen molar-refractivity contribution in [2.75, 3.05) is 5.32 Å². The van der Waals surface area contributed by atoms with Crippen LogP contribution in [0.3, 0.4) is 0 Å². The quantitative estimate of drug-likeness (QED) is 0.899. The second-order valence-corrected chi connectivity index (χ2v) is 5.38. The molecule has 108 valence electrons. The largest absolute Gasteiger partial charge is 0.418 e. The van der Waals surface area contributed by atoms with E-state index in [1.165, 1.54) is 6.07 Å². The van der Waals surface area contributed by atoms with Crippen molar-refractivity contribution in [1.29, 1.82) is 0 Å². The Hall–Kier alpha value is -1.50. The summed E-state index contributed by atoms with van der Waals surface area (Å²) in [7, 11) is 0. The molecule has 0 aliphatic carbocycles. The Morgan fingerprint density at radius 1 is 1.40 bits per heavy atom. The fourth-order valence-corrected chi connectivity index (χ4v) is 2.24. The molecule has 0 amide bonds. The Kier molecular flexibility index (Phi) is 4.37. The van der Waals surface area contributed by atoms with Gasteiger partial charge in [0.25, 0.3) is 0 Å². The summed E-state index contributed by atoms with van der Waals surface area (Å²) in [6.45, 7) is 2.30. The van der Waals surface area contributed by atoms with Gasteiger partial charge < -0.3 is 5.32 Å². The molecule has 0 radical (unpaired) electrons. The van der Waals surface area contributed by atoms with Gasteiger partial charge in [0.15, 0.2) is 0 Å². The first-order chi connectivity index (χ1) is 9.36. The SMILES string of the molecule is CC(Cn1cccn1)Nc1ccc(Br)cc1C(F)(F)F. The van der Waals surface area contributed by atoms with E-state index >= 15 is 0 Å². The number of rotatable bonds is 4. The van der Waals surface area contributed by atoms with Gasteiger partial charge in [-0.1, -0.05) is 15.9 Å². The number of aromatic nitrogens is 2. The molecule has 1 aromatic heterocycles. The molecule has 2 aromatic rings. The zero-order valence-corrected chi connectivity index (χ0v) is 12.2. The Morgan fingerprint density at radius 2 is 2.15 bits per heavy atom. The third-order valence-electron chi connectivity index (χ3n) is 2.71. The number of hydrogen-bond donors (Lipinski definition) is 1. The summed E-state index contributed by atoms with van der Waals surface area (Å²) in [5.74, 6) is 0. The number of halogens is 4. The van der Waals surface area contributed by atoms with E-state index in [9.17, 15) is 13.2 Å². The van der Waals surface area contributed by atoms with Crippen LogP contribution in [0.5, 0.6) is 0 Å². The van der Waals surface area contributed by atoms with E-state index in [-0.39, 0.29) is 11.7 Å². The van der Waals surface area contributed by atoms with E-state index in [4.69, 9.17) is 0 Å². The summed E-state index contributed by atoms with van der Waals surface area (Å²) in [5.41, 5.74) is -0.612. The second-order valence-electron chi connectivity index (χ2n) is 4.46. The summed E-state index contributed by atoms with van der Waals surface area (Å²) >= 11 is 3.06. The second kappa shape index (κ2) is 5.87. The van der Waals surface area contributed by atoms with E-state index in [0.29, 0.717) is 11.0 Å². The normalized spacial score (nSPS) is 13.2. The first-order valence-corrected chi connectivity index (χ1v) is 6.76. The molecule has 1 atom stereocenters. The molecule has 0 spiro atoms. The molecule has 3 nitrogen and oxygen atoms in total. The Bertz CT molecular complexity index is 567. The van der Waals surface area contributed by atoms with Gasteiger partial charge in [-0.2, -0.15) is 18.3 Å². The molecule has 0 bridgehead atoms. The van der Waals surface area contributed by atoms with Crippen LogP contribution in [0.4, 0.5) is 18.9 Å². The summed E-state index contributed by atoms with van der Waals surface area (Å²) in [4.78, 5) is 0. The Labute approximate surface area is 122 Å². The topological polar surface area (TPSA) is 29.9 Å². The number of nitrogens with zero attached hydrogens (tertiary/aromatic N) is 2. The number of anilines is 1. The molecule has 0 aliphatic rings. The Morgan fingerprint density at radius 3 is 2.75 bits per heavy atom. The zero-order valence-electron chi connectivity index (χ0n) is 10.7. The number of alkyl halides is 3. The van der Waals surface area contributed by atoms with Crippen molar-refractivity contribution in [1.82, 2.24) is 9.78 Å². The van der Waals surface area contributed by atoms with Crippen LogP contribution in [0.15, 0.2) is 41.1 Å². The smallest absolute Gasteiger partial charge is 0.380 e. The summed E-state index contributed by atoms with van der Waals surface area (Å²) < 4.78 is 41.0. The highest BCUT2D eigenvalue weighted by atomic mass is 79.9. The Balaban J connectivity index is 2.16. The van der Waals surface area contributed by atoms with Crippen LogP contribution >= 0.6 is 15.9 Å². The van der Waals surface area contributed by atoms with Crippen molar-refractivity contribution in [3.8, 4) is 0 Å². The van der Waals surface area contributed by atoms with E-state index in [1.54, 1.807) is 29.2 Å². The van der Waals surface area contributed by atoms with E-state index in [1.807, 2.05) is 6.92 Å². The number of nitrogens with one attached hydrogen (secondary N) is 1. The molecule has 7 heteroatoms. The van der Waals surface area contributed by atoms with Gasteiger partial charge in [0.1, 0.15) is 0 Å². The average Bonchev–Trinajstić information content (AvgIpc) is 2.82. The van der Waals surface area contributed by atoms with Crippen molar-refractivity contribution in [3.63, 3.8) is 0 Å². The van der Waals surface area contributed by atoms with Crippen molar-refractivity contribution in [2.45, 2.75) is 25.7 Å². The number of hydrogen-bond acceptors (Lipinski definition) is 2. The van der Waals surface area contributed by atoms with Crippen LogP contribution in [0.25, 0.3) is 0 Å². The van der Waals surface area contributed by atoms with Crippen LogP contribution in [0, 0.1) is 0 Å². The van der Waals surface area contributed by atoms with Crippen LogP contribution in [0.2, 0.25) is 0 Å².